The van der Waals surface area contributed by atoms with Crippen LogP contribution < -0.4 is 11.5 Å². The number of hydrogen-bond acceptors (Lipinski definition) is 5. The highest BCUT2D eigenvalue weighted by molar-refractivity contribution is 7.83. The molecule has 0 amide bonds. The van der Waals surface area contributed by atoms with Gasteiger partial charge in [-0.1, -0.05) is 24.3 Å². The van der Waals surface area contributed by atoms with Crippen molar-refractivity contribution in [3.05, 3.63) is 76.9 Å². The standard InChI is InChI=1S/C20H20N2S3/c21-15-5-1-3-12(8-15)7-14-11-18(23)17(20(25)19(14)24)10-13-4-2-6-16(22)9-13/h1-6,8-9,11,23-25H,7,10,21-22H2. The molecule has 5 heteroatoms. The molecule has 2 nitrogen and oxygen atoms in total. The zero-order valence-corrected chi connectivity index (χ0v) is 16.3. The minimum Gasteiger partial charge on any atom is -0.399 e. The number of anilines is 2. The van der Waals surface area contributed by atoms with Gasteiger partial charge in [0.2, 0.25) is 0 Å². The third kappa shape index (κ3) is 4.29. The van der Waals surface area contributed by atoms with Crippen LogP contribution in [-0.4, -0.2) is 0 Å². The molecule has 0 aliphatic rings. The predicted molar refractivity (Wildman–Crippen MR) is 116 cm³/mol. The fourth-order valence-electron chi connectivity index (χ4n) is 2.88. The average molecular weight is 385 g/mol. The molecule has 0 fully saturated rings. The fourth-order valence-corrected chi connectivity index (χ4v) is 3.93. The molecular formula is C20H20N2S3. The van der Waals surface area contributed by atoms with Crippen LogP contribution >= 0.6 is 37.9 Å². The van der Waals surface area contributed by atoms with Crippen molar-refractivity contribution < 1.29 is 0 Å². The smallest absolute Gasteiger partial charge is 0.0316 e. The second-order valence-corrected chi connectivity index (χ2v) is 7.45. The van der Waals surface area contributed by atoms with Gasteiger partial charge in [0.05, 0.1) is 0 Å². The Labute approximate surface area is 164 Å². The monoisotopic (exact) mass is 384 g/mol. The number of thiol groups is 3. The van der Waals surface area contributed by atoms with Crippen molar-refractivity contribution >= 4 is 49.3 Å². The third-order valence-corrected chi connectivity index (χ3v) is 5.69. The summed E-state index contributed by atoms with van der Waals surface area (Å²) in [5, 5.41) is 0. The number of benzene rings is 3. The normalized spacial score (nSPS) is 10.8. The van der Waals surface area contributed by atoms with Crippen LogP contribution in [0.3, 0.4) is 0 Å². The first-order valence-corrected chi connectivity index (χ1v) is 9.22. The van der Waals surface area contributed by atoms with Gasteiger partial charge >= 0.3 is 0 Å². The van der Waals surface area contributed by atoms with E-state index >= 15 is 0 Å². The zero-order chi connectivity index (χ0) is 18.0. The molecule has 0 spiro atoms. The van der Waals surface area contributed by atoms with Gasteiger partial charge in [-0.2, -0.15) is 0 Å². The Morgan fingerprint density at radius 2 is 1.24 bits per heavy atom. The van der Waals surface area contributed by atoms with Gasteiger partial charge in [0.15, 0.2) is 0 Å². The molecule has 3 aromatic carbocycles. The maximum absolute atomic E-state index is 5.88. The lowest BCUT2D eigenvalue weighted by Crippen LogP contribution is -1.99. The number of hydrogen-bond donors (Lipinski definition) is 5. The summed E-state index contributed by atoms with van der Waals surface area (Å²) in [6, 6.07) is 17.8. The molecule has 3 aromatic rings. The van der Waals surface area contributed by atoms with E-state index in [1.54, 1.807) is 0 Å². The predicted octanol–water partition coefficient (Wildman–Crippen LogP) is 4.90. The van der Waals surface area contributed by atoms with Crippen LogP contribution in [0.1, 0.15) is 22.3 Å². The summed E-state index contributed by atoms with van der Waals surface area (Å²) in [6.07, 6.45) is 1.46. The third-order valence-electron chi connectivity index (χ3n) is 4.11. The summed E-state index contributed by atoms with van der Waals surface area (Å²) in [5.41, 5.74) is 17.7. The van der Waals surface area contributed by atoms with Gasteiger partial charge in [-0.25, -0.2) is 0 Å². The van der Waals surface area contributed by atoms with E-state index < -0.39 is 0 Å². The van der Waals surface area contributed by atoms with Gasteiger partial charge in [0.1, 0.15) is 0 Å². The van der Waals surface area contributed by atoms with Crippen molar-refractivity contribution in [1.29, 1.82) is 0 Å². The molecule has 0 aliphatic carbocycles. The first-order valence-electron chi connectivity index (χ1n) is 7.88. The molecule has 0 heterocycles. The minimum absolute atomic E-state index is 0.717. The van der Waals surface area contributed by atoms with E-state index in [0.717, 1.165) is 61.2 Å². The molecule has 4 N–H and O–H groups in total. The van der Waals surface area contributed by atoms with E-state index in [4.69, 9.17) is 36.7 Å². The highest BCUT2D eigenvalue weighted by atomic mass is 32.1. The lowest BCUT2D eigenvalue weighted by Gasteiger charge is -2.16. The molecule has 25 heavy (non-hydrogen) atoms. The Bertz CT molecular complexity index is 923. The van der Waals surface area contributed by atoms with Crippen LogP contribution in [0.15, 0.2) is 69.3 Å². The maximum Gasteiger partial charge on any atom is 0.0316 e. The Morgan fingerprint density at radius 1 is 0.680 bits per heavy atom. The summed E-state index contributed by atoms with van der Waals surface area (Å²) in [5.74, 6) is 0. The molecular weight excluding hydrogens is 364 g/mol. The molecule has 3 rings (SSSR count). The quantitative estimate of drug-likeness (QED) is 0.328. The SMILES string of the molecule is Nc1cccc(Cc2cc(S)c(Cc3cccc(N)c3)c(S)c2S)c1. The molecule has 0 radical (unpaired) electrons. The van der Waals surface area contributed by atoms with Crippen molar-refractivity contribution in [2.45, 2.75) is 27.5 Å². The molecule has 0 bridgehead atoms. The van der Waals surface area contributed by atoms with Crippen molar-refractivity contribution in [2.24, 2.45) is 0 Å². The summed E-state index contributed by atoms with van der Waals surface area (Å²) >= 11 is 14.1. The highest BCUT2D eigenvalue weighted by Gasteiger charge is 2.13. The Morgan fingerprint density at radius 3 is 1.80 bits per heavy atom. The number of nitrogen functional groups attached to an aromatic ring is 2. The summed E-state index contributed by atoms with van der Waals surface area (Å²) in [7, 11) is 0. The van der Waals surface area contributed by atoms with Gasteiger partial charge in [-0.15, -0.1) is 37.9 Å². The number of rotatable bonds is 4. The highest BCUT2D eigenvalue weighted by Crippen LogP contribution is 2.34. The molecule has 0 saturated heterocycles. The second kappa shape index (κ2) is 7.68. The van der Waals surface area contributed by atoms with Crippen molar-refractivity contribution in [1.82, 2.24) is 0 Å². The lowest BCUT2D eigenvalue weighted by atomic mass is 9.99. The van der Waals surface area contributed by atoms with Crippen LogP contribution in [0.4, 0.5) is 11.4 Å². The van der Waals surface area contributed by atoms with Crippen molar-refractivity contribution in [3.8, 4) is 0 Å². The van der Waals surface area contributed by atoms with E-state index in [1.807, 2.05) is 36.4 Å². The lowest BCUT2D eigenvalue weighted by molar-refractivity contribution is 0.971. The van der Waals surface area contributed by atoms with Gasteiger partial charge in [0.25, 0.3) is 0 Å². The second-order valence-electron chi connectivity index (χ2n) is 6.07. The average Bonchev–Trinajstić information content (AvgIpc) is 2.56. The van der Waals surface area contributed by atoms with Crippen molar-refractivity contribution in [3.63, 3.8) is 0 Å². The topological polar surface area (TPSA) is 52.0 Å². The Kier molecular flexibility index (Phi) is 5.57. The van der Waals surface area contributed by atoms with E-state index in [0.29, 0.717) is 0 Å². The van der Waals surface area contributed by atoms with Crippen LogP contribution in [0, 0.1) is 0 Å². The van der Waals surface area contributed by atoms with Crippen LogP contribution in [0.2, 0.25) is 0 Å². The first-order chi connectivity index (χ1) is 11.9. The fraction of sp³-hybridized carbons (Fsp3) is 0.100. The van der Waals surface area contributed by atoms with Crippen molar-refractivity contribution in [2.75, 3.05) is 11.5 Å². The van der Waals surface area contributed by atoms with Gasteiger partial charge in [-0.3, -0.25) is 0 Å². The molecule has 0 atom stereocenters. The summed E-state index contributed by atoms with van der Waals surface area (Å²) < 4.78 is 0. The van der Waals surface area contributed by atoms with Crippen LogP contribution in [0.5, 0.6) is 0 Å². The maximum atomic E-state index is 5.88. The largest absolute Gasteiger partial charge is 0.399 e. The molecule has 0 aromatic heterocycles. The van der Waals surface area contributed by atoms with Crippen LogP contribution in [-0.2, 0) is 12.8 Å². The van der Waals surface area contributed by atoms with Gasteiger partial charge in [-0.05, 0) is 65.4 Å². The zero-order valence-electron chi connectivity index (χ0n) is 13.6. The number of nitrogens with two attached hydrogens (primary N) is 2. The van der Waals surface area contributed by atoms with E-state index in [1.165, 1.54) is 0 Å². The molecule has 0 unspecified atom stereocenters. The molecule has 0 aliphatic heterocycles. The van der Waals surface area contributed by atoms with Gasteiger partial charge < -0.3 is 11.5 Å². The first kappa shape index (κ1) is 18.1. The van der Waals surface area contributed by atoms with E-state index in [9.17, 15) is 0 Å². The molecule has 0 saturated carbocycles. The molecule has 128 valence electrons. The van der Waals surface area contributed by atoms with E-state index in [2.05, 4.69) is 30.8 Å². The van der Waals surface area contributed by atoms with E-state index in [-0.39, 0.29) is 0 Å². The summed E-state index contributed by atoms with van der Waals surface area (Å²) in [4.78, 5) is 2.64. The van der Waals surface area contributed by atoms with Crippen LogP contribution in [0.25, 0.3) is 0 Å². The summed E-state index contributed by atoms with van der Waals surface area (Å²) in [6.45, 7) is 0. The Hall–Kier alpha value is -1.69. The Balaban J connectivity index is 1.94. The van der Waals surface area contributed by atoms with Gasteiger partial charge in [0, 0.05) is 26.1 Å². The minimum atomic E-state index is 0.717.